The Morgan fingerprint density at radius 3 is 1.46 bits per heavy atom. The number of fused-ring (bicyclic) bond motifs is 9. The van der Waals surface area contributed by atoms with Crippen LogP contribution < -0.4 is 4.90 Å². The average molecular weight is 719 g/mol. The van der Waals surface area contributed by atoms with Gasteiger partial charge in [-0.3, -0.25) is 0 Å². The van der Waals surface area contributed by atoms with Crippen LogP contribution in [0.25, 0.3) is 81.7 Å². The van der Waals surface area contributed by atoms with Crippen LogP contribution in [0, 0.1) is 0 Å². The van der Waals surface area contributed by atoms with Crippen molar-refractivity contribution in [3.63, 3.8) is 0 Å². The number of allylic oxidation sites excluding steroid dienone is 4. The number of rotatable bonds is 5. The minimum atomic E-state index is 0.910. The zero-order valence-corrected chi connectivity index (χ0v) is 31.8. The highest BCUT2D eigenvalue weighted by Gasteiger charge is 2.22. The van der Waals surface area contributed by atoms with Gasteiger partial charge in [0.15, 0.2) is 0 Å². The van der Waals surface area contributed by atoms with Gasteiger partial charge < -0.3 is 9.47 Å². The summed E-state index contributed by atoms with van der Waals surface area (Å²) in [6.45, 7) is 4.00. The topological polar surface area (TPSA) is 8.17 Å². The van der Waals surface area contributed by atoms with Crippen LogP contribution in [0.3, 0.4) is 0 Å². The van der Waals surface area contributed by atoms with Gasteiger partial charge in [-0.1, -0.05) is 153 Å². The van der Waals surface area contributed by atoms with Crippen LogP contribution >= 0.6 is 0 Å². The molecule has 9 aromatic carbocycles. The number of nitrogens with zero attached hydrogens (tertiary/aromatic N) is 2. The second-order valence-electron chi connectivity index (χ2n) is 14.5. The Balaban J connectivity index is 0.00000189. The molecule has 10 aromatic rings. The molecule has 0 fully saturated rings. The van der Waals surface area contributed by atoms with E-state index in [0.717, 1.165) is 18.5 Å². The van der Waals surface area contributed by atoms with Gasteiger partial charge in [0.25, 0.3) is 0 Å². The number of anilines is 2. The lowest BCUT2D eigenvalue weighted by Gasteiger charge is -2.30. The summed E-state index contributed by atoms with van der Waals surface area (Å²) in [5, 5.41) is 12.8. The van der Waals surface area contributed by atoms with Crippen molar-refractivity contribution in [1.29, 1.82) is 0 Å². The van der Waals surface area contributed by atoms with Gasteiger partial charge in [0.2, 0.25) is 0 Å². The molecule has 0 saturated carbocycles. The van der Waals surface area contributed by atoms with Crippen LogP contribution in [0.15, 0.2) is 200 Å². The first kappa shape index (κ1) is 33.7. The molecule has 1 aliphatic carbocycles. The van der Waals surface area contributed by atoms with Crippen LogP contribution in [0.5, 0.6) is 0 Å². The van der Waals surface area contributed by atoms with Gasteiger partial charge in [0.1, 0.15) is 0 Å². The highest BCUT2D eigenvalue weighted by atomic mass is 15.2. The summed E-state index contributed by atoms with van der Waals surface area (Å²) >= 11 is 0. The SMILES string of the molecule is C1=C(N(c2ccc(-c3ccc4ccccc4c3)cc2)c2ccc3ccccc3c2)CCC(n2c3ccc4ccccc4c3c3c4ccccc4ccc32)=C1.CC. The monoisotopic (exact) mass is 718 g/mol. The van der Waals surface area contributed by atoms with E-state index in [1.54, 1.807) is 0 Å². The summed E-state index contributed by atoms with van der Waals surface area (Å²) < 4.78 is 2.52. The molecule has 11 rings (SSSR count). The quantitative estimate of drug-likeness (QED) is 0.172. The van der Waals surface area contributed by atoms with Crippen molar-refractivity contribution in [3.05, 3.63) is 200 Å². The summed E-state index contributed by atoms with van der Waals surface area (Å²) in [6.07, 6.45) is 6.54. The molecule has 56 heavy (non-hydrogen) atoms. The zero-order valence-electron chi connectivity index (χ0n) is 31.8. The van der Waals surface area contributed by atoms with E-state index in [-0.39, 0.29) is 0 Å². The van der Waals surface area contributed by atoms with E-state index < -0.39 is 0 Å². The molecule has 0 unspecified atom stereocenters. The molecule has 0 N–H and O–H groups in total. The standard InChI is InChI=1S/C52H36N2.C2H6/c1-3-13-40-33-42(18-17-35(40)9-1)37-19-24-43(25-20-37)53(46-26-21-36-10-2-4-14-41(36)34-46)44-27-29-45(30-28-44)54-49-31-22-38-11-5-7-15-47(38)51(49)52-48-16-8-6-12-39(48)23-32-50(52)54;1-2/h1-27,29,31-34H,28,30H2;1-2H3. The van der Waals surface area contributed by atoms with Gasteiger partial charge in [0.05, 0.1) is 11.0 Å². The van der Waals surface area contributed by atoms with Crippen molar-refractivity contribution in [2.75, 3.05) is 4.90 Å². The Morgan fingerprint density at radius 1 is 0.393 bits per heavy atom. The lowest BCUT2D eigenvalue weighted by Crippen LogP contribution is -2.18. The fourth-order valence-corrected chi connectivity index (χ4v) is 8.81. The summed E-state index contributed by atoms with van der Waals surface area (Å²) in [6, 6.07) is 66.7. The third-order valence-electron chi connectivity index (χ3n) is 11.4. The molecule has 1 aromatic heterocycles. The first-order valence-electron chi connectivity index (χ1n) is 19.9. The molecule has 0 radical (unpaired) electrons. The number of aromatic nitrogens is 1. The Labute approximate surface area is 327 Å². The molecule has 0 saturated heterocycles. The highest BCUT2D eigenvalue weighted by molar-refractivity contribution is 6.28. The van der Waals surface area contributed by atoms with Gasteiger partial charge in [-0.15, -0.1) is 0 Å². The Kier molecular flexibility index (Phi) is 8.45. The lowest BCUT2D eigenvalue weighted by atomic mass is 10.00. The largest absolute Gasteiger partial charge is 0.314 e. The molecule has 2 nitrogen and oxygen atoms in total. The third-order valence-corrected chi connectivity index (χ3v) is 11.4. The molecular formula is C54H42N2. The minimum Gasteiger partial charge on any atom is -0.314 e. The van der Waals surface area contributed by atoms with Crippen LogP contribution in [0.4, 0.5) is 11.4 Å². The van der Waals surface area contributed by atoms with Gasteiger partial charge >= 0.3 is 0 Å². The predicted molar refractivity (Wildman–Crippen MR) is 243 cm³/mol. The summed E-state index contributed by atoms with van der Waals surface area (Å²) in [4.78, 5) is 2.46. The summed E-state index contributed by atoms with van der Waals surface area (Å²) in [5.41, 5.74) is 9.90. The molecule has 0 aliphatic heterocycles. The highest BCUT2D eigenvalue weighted by Crippen LogP contribution is 2.43. The van der Waals surface area contributed by atoms with Gasteiger partial charge in [-0.2, -0.15) is 0 Å². The van der Waals surface area contributed by atoms with E-state index in [0.29, 0.717) is 0 Å². The number of hydrogen-bond acceptors (Lipinski definition) is 1. The van der Waals surface area contributed by atoms with E-state index in [9.17, 15) is 0 Å². The van der Waals surface area contributed by atoms with E-state index in [2.05, 4.69) is 204 Å². The predicted octanol–water partition coefficient (Wildman–Crippen LogP) is 15.5. The van der Waals surface area contributed by atoms with E-state index in [1.807, 2.05) is 13.8 Å². The van der Waals surface area contributed by atoms with E-state index in [1.165, 1.54) is 93.1 Å². The molecule has 0 bridgehead atoms. The molecule has 2 heteroatoms. The summed E-state index contributed by atoms with van der Waals surface area (Å²) in [5.74, 6) is 0. The van der Waals surface area contributed by atoms with Crippen molar-refractivity contribution in [3.8, 4) is 11.1 Å². The molecular weight excluding hydrogens is 677 g/mol. The van der Waals surface area contributed by atoms with Crippen molar-refractivity contribution in [1.82, 2.24) is 4.57 Å². The number of hydrogen-bond donors (Lipinski definition) is 0. The average Bonchev–Trinajstić information content (AvgIpc) is 3.63. The van der Waals surface area contributed by atoms with Crippen LogP contribution in [0.2, 0.25) is 0 Å². The first-order valence-corrected chi connectivity index (χ1v) is 19.9. The maximum atomic E-state index is 2.52. The van der Waals surface area contributed by atoms with Crippen LogP contribution in [-0.2, 0) is 0 Å². The molecule has 0 spiro atoms. The maximum absolute atomic E-state index is 2.52. The fourth-order valence-electron chi connectivity index (χ4n) is 8.81. The lowest BCUT2D eigenvalue weighted by molar-refractivity contribution is 0.895. The molecule has 1 heterocycles. The van der Waals surface area contributed by atoms with Crippen LogP contribution in [0.1, 0.15) is 26.7 Å². The zero-order chi connectivity index (χ0) is 37.6. The van der Waals surface area contributed by atoms with Crippen molar-refractivity contribution >= 4 is 82.0 Å². The molecule has 0 amide bonds. The Morgan fingerprint density at radius 2 is 0.875 bits per heavy atom. The smallest absolute Gasteiger partial charge is 0.0544 e. The normalized spacial score (nSPS) is 12.9. The molecule has 1 aliphatic rings. The summed E-state index contributed by atoms with van der Waals surface area (Å²) in [7, 11) is 0. The van der Waals surface area contributed by atoms with Crippen molar-refractivity contribution < 1.29 is 0 Å². The van der Waals surface area contributed by atoms with E-state index >= 15 is 0 Å². The second kappa shape index (κ2) is 14.1. The Hall–Kier alpha value is -6.90. The van der Waals surface area contributed by atoms with Gasteiger partial charge in [-0.25, -0.2) is 0 Å². The molecule has 0 atom stereocenters. The van der Waals surface area contributed by atoms with Crippen molar-refractivity contribution in [2.24, 2.45) is 0 Å². The number of benzene rings is 9. The molecule has 268 valence electrons. The minimum absolute atomic E-state index is 0.910. The van der Waals surface area contributed by atoms with Gasteiger partial charge in [-0.05, 0) is 122 Å². The maximum Gasteiger partial charge on any atom is 0.0544 e. The first-order chi connectivity index (χ1) is 27.8. The van der Waals surface area contributed by atoms with Crippen LogP contribution in [-0.4, -0.2) is 4.57 Å². The van der Waals surface area contributed by atoms with Gasteiger partial charge in [0, 0.05) is 33.5 Å². The fraction of sp³-hybridized carbons (Fsp3) is 0.0741. The second-order valence-corrected chi connectivity index (χ2v) is 14.5. The van der Waals surface area contributed by atoms with Crippen molar-refractivity contribution in [2.45, 2.75) is 26.7 Å². The van der Waals surface area contributed by atoms with E-state index in [4.69, 9.17) is 0 Å². The third kappa shape index (κ3) is 5.65. The Bertz CT molecular complexity index is 3070.